The zero-order valence-corrected chi connectivity index (χ0v) is 16.3. The van der Waals surface area contributed by atoms with Gasteiger partial charge in [-0.25, -0.2) is 0 Å². The number of amides is 1. The summed E-state index contributed by atoms with van der Waals surface area (Å²) in [5.41, 5.74) is 4.78. The molecule has 8 heteroatoms. The number of nitrogens with one attached hydrogen (secondary N) is 2. The van der Waals surface area contributed by atoms with Gasteiger partial charge in [0.15, 0.2) is 5.69 Å². The summed E-state index contributed by atoms with van der Waals surface area (Å²) in [5.74, 6) is -0.127. The van der Waals surface area contributed by atoms with Crippen LogP contribution in [-0.4, -0.2) is 62.4 Å². The zero-order valence-electron chi connectivity index (χ0n) is 16.3. The van der Waals surface area contributed by atoms with E-state index in [0.717, 1.165) is 62.6 Å². The van der Waals surface area contributed by atoms with E-state index >= 15 is 0 Å². The maximum atomic E-state index is 12.6. The van der Waals surface area contributed by atoms with Crippen LogP contribution in [-0.2, 0) is 32.6 Å². The van der Waals surface area contributed by atoms with Crippen molar-refractivity contribution in [3.05, 3.63) is 34.4 Å². The first-order chi connectivity index (χ1) is 13.1. The molecule has 2 aromatic heterocycles. The van der Waals surface area contributed by atoms with Crippen molar-refractivity contribution in [3.63, 3.8) is 0 Å². The number of carbonyl (C=O) groups is 1. The first-order valence-corrected chi connectivity index (χ1v) is 9.95. The third-order valence-corrected chi connectivity index (χ3v) is 5.52. The van der Waals surface area contributed by atoms with E-state index in [1.807, 2.05) is 0 Å². The minimum absolute atomic E-state index is 0.127. The average Bonchev–Trinajstić information content (AvgIpc) is 3.27. The molecule has 27 heavy (non-hydrogen) atoms. The molecular formula is C19H29N7O. The average molecular weight is 371 g/mol. The van der Waals surface area contributed by atoms with Gasteiger partial charge in [0.1, 0.15) is 0 Å². The van der Waals surface area contributed by atoms with Crippen LogP contribution >= 0.6 is 0 Å². The Balaban J connectivity index is 1.37. The molecule has 2 aromatic rings. The molecule has 4 heterocycles. The van der Waals surface area contributed by atoms with Crippen LogP contribution in [0.1, 0.15) is 52.9 Å². The summed E-state index contributed by atoms with van der Waals surface area (Å²) in [5, 5.41) is 14.9. The minimum Gasteiger partial charge on any atom is -0.345 e. The first-order valence-electron chi connectivity index (χ1n) is 9.95. The molecule has 0 atom stereocenters. The SMILES string of the molecule is CCCCN1CCn2nc(CNC(=O)c3n[nH]c4c3CN(C)CC4)cc2C1. The third kappa shape index (κ3) is 3.91. The molecule has 0 aromatic carbocycles. The summed E-state index contributed by atoms with van der Waals surface area (Å²) < 4.78 is 2.08. The van der Waals surface area contributed by atoms with E-state index in [4.69, 9.17) is 0 Å². The predicted molar refractivity (Wildman–Crippen MR) is 102 cm³/mol. The molecule has 8 nitrogen and oxygen atoms in total. The fraction of sp³-hybridized carbons (Fsp3) is 0.632. The van der Waals surface area contributed by atoms with Gasteiger partial charge in [-0.3, -0.25) is 19.5 Å². The van der Waals surface area contributed by atoms with Crippen LogP contribution in [0.4, 0.5) is 0 Å². The summed E-state index contributed by atoms with van der Waals surface area (Å²) in [4.78, 5) is 17.3. The smallest absolute Gasteiger partial charge is 0.272 e. The van der Waals surface area contributed by atoms with E-state index in [-0.39, 0.29) is 5.91 Å². The lowest BCUT2D eigenvalue weighted by atomic mass is 10.1. The van der Waals surface area contributed by atoms with Crippen LogP contribution in [0.15, 0.2) is 6.07 Å². The molecule has 0 spiro atoms. The fourth-order valence-corrected chi connectivity index (χ4v) is 3.91. The number of unbranched alkanes of at least 4 members (excludes halogenated alkanes) is 1. The van der Waals surface area contributed by atoms with Gasteiger partial charge in [0, 0.05) is 43.9 Å². The van der Waals surface area contributed by atoms with Crippen molar-refractivity contribution in [1.82, 2.24) is 35.1 Å². The van der Waals surface area contributed by atoms with Crippen molar-refractivity contribution in [1.29, 1.82) is 0 Å². The standard InChI is InChI=1S/C19H29N7O/c1-3-4-6-25-8-9-26-15(12-25)10-14(23-26)11-20-19(27)18-16-13-24(2)7-5-17(16)21-22-18/h10H,3-9,11-13H2,1-2H3,(H,20,27)(H,21,22). The number of rotatable bonds is 6. The maximum absolute atomic E-state index is 12.6. The third-order valence-electron chi connectivity index (χ3n) is 5.52. The predicted octanol–water partition coefficient (Wildman–Crippen LogP) is 1.14. The molecule has 4 rings (SSSR count). The monoisotopic (exact) mass is 371 g/mol. The molecule has 0 saturated carbocycles. The van der Waals surface area contributed by atoms with Crippen molar-refractivity contribution in [2.75, 3.05) is 26.7 Å². The van der Waals surface area contributed by atoms with Crippen LogP contribution in [0.25, 0.3) is 0 Å². The highest BCUT2D eigenvalue weighted by Gasteiger charge is 2.24. The molecule has 0 aliphatic carbocycles. The van der Waals surface area contributed by atoms with Gasteiger partial charge in [-0.15, -0.1) is 0 Å². The van der Waals surface area contributed by atoms with Crippen molar-refractivity contribution >= 4 is 5.91 Å². The normalized spacial score (nSPS) is 17.6. The van der Waals surface area contributed by atoms with Gasteiger partial charge < -0.3 is 10.2 Å². The Bertz CT molecular complexity index is 809. The topological polar surface area (TPSA) is 82.1 Å². The molecule has 2 aliphatic rings. The largest absolute Gasteiger partial charge is 0.345 e. The number of H-pyrrole nitrogens is 1. The van der Waals surface area contributed by atoms with Crippen LogP contribution in [0, 0.1) is 0 Å². The summed E-state index contributed by atoms with van der Waals surface area (Å²) in [6, 6.07) is 2.12. The minimum atomic E-state index is -0.127. The number of nitrogens with zero attached hydrogens (tertiary/aromatic N) is 5. The number of hydrogen-bond acceptors (Lipinski definition) is 5. The fourth-order valence-electron chi connectivity index (χ4n) is 3.91. The summed E-state index contributed by atoms with van der Waals surface area (Å²) in [6.07, 6.45) is 3.37. The molecule has 0 fully saturated rings. The van der Waals surface area contributed by atoms with E-state index in [2.05, 4.69) is 55.1 Å². The number of fused-ring (bicyclic) bond motifs is 2. The number of carbonyl (C=O) groups excluding carboxylic acids is 1. The molecule has 2 N–H and O–H groups in total. The molecule has 1 amide bonds. The highest BCUT2D eigenvalue weighted by atomic mass is 16.1. The van der Waals surface area contributed by atoms with E-state index in [1.54, 1.807) is 0 Å². The lowest BCUT2D eigenvalue weighted by Crippen LogP contribution is -2.34. The Morgan fingerprint density at radius 1 is 1.30 bits per heavy atom. The van der Waals surface area contributed by atoms with Crippen molar-refractivity contribution in [2.24, 2.45) is 0 Å². The van der Waals surface area contributed by atoms with E-state index in [9.17, 15) is 4.79 Å². The Hall–Kier alpha value is -2.19. The summed E-state index contributed by atoms with van der Waals surface area (Å²) >= 11 is 0. The molecule has 0 saturated heterocycles. The van der Waals surface area contributed by atoms with E-state index < -0.39 is 0 Å². The molecule has 0 radical (unpaired) electrons. The molecule has 2 aliphatic heterocycles. The highest BCUT2D eigenvalue weighted by Crippen LogP contribution is 2.19. The van der Waals surface area contributed by atoms with Crippen LogP contribution in [0.3, 0.4) is 0 Å². The first kappa shape index (κ1) is 18.2. The van der Waals surface area contributed by atoms with E-state index in [1.165, 1.54) is 18.5 Å². The zero-order chi connectivity index (χ0) is 18.8. The number of likely N-dealkylation sites (N-methyl/N-ethyl adjacent to an activating group) is 1. The molecular weight excluding hydrogens is 342 g/mol. The Kier molecular flexibility index (Phi) is 5.27. The van der Waals surface area contributed by atoms with Crippen molar-refractivity contribution < 1.29 is 4.79 Å². The highest BCUT2D eigenvalue weighted by molar-refractivity contribution is 5.93. The van der Waals surface area contributed by atoms with Crippen molar-refractivity contribution in [3.8, 4) is 0 Å². The Morgan fingerprint density at radius 3 is 3.04 bits per heavy atom. The van der Waals surface area contributed by atoms with Gasteiger partial charge in [0.2, 0.25) is 0 Å². The molecule has 0 unspecified atom stereocenters. The van der Waals surface area contributed by atoms with Gasteiger partial charge in [0.25, 0.3) is 5.91 Å². The Morgan fingerprint density at radius 2 is 2.19 bits per heavy atom. The number of aromatic amines is 1. The van der Waals surface area contributed by atoms with Crippen LogP contribution in [0.5, 0.6) is 0 Å². The number of hydrogen-bond donors (Lipinski definition) is 2. The molecule has 146 valence electrons. The summed E-state index contributed by atoms with van der Waals surface area (Å²) in [7, 11) is 2.07. The second-order valence-corrected chi connectivity index (χ2v) is 7.68. The summed E-state index contributed by atoms with van der Waals surface area (Å²) in [6.45, 7) is 8.48. The van der Waals surface area contributed by atoms with Crippen LogP contribution < -0.4 is 5.32 Å². The second kappa shape index (κ2) is 7.82. The second-order valence-electron chi connectivity index (χ2n) is 7.68. The quantitative estimate of drug-likeness (QED) is 0.796. The number of aromatic nitrogens is 4. The maximum Gasteiger partial charge on any atom is 0.272 e. The van der Waals surface area contributed by atoms with Gasteiger partial charge in [0.05, 0.1) is 24.5 Å². The van der Waals surface area contributed by atoms with E-state index in [0.29, 0.717) is 12.2 Å². The molecule has 0 bridgehead atoms. The van der Waals surface area contributed by atoms with Gasteiger partial charge in [-0.1, -0.05) is 13.3 Å². The van der Waals surface area contributed by atoms with Crippen molar-refractivity contribution in [2.45, 2.75) is 52.4 Å². The van der Waals surface area contributed by atoms with Gasteiger partial charge >= 0.3 is 0 Å². The Labute approximate surface area is 159 Å². The lowest BCUT2D eigenvalue weighted by Gasteiger charge is -2.27. The lowest BCUT2D eigenvalue weighted by molar-refractivity contribution is 0.0943. The van der Waals surface area contributed by atoms with Gasteiger partial charge in [-0.2, -0.15) is 10.2 Å². The van der Waals surface area contributed by atoms with Gasteiger partial charge in [-0.05, 0) is 26.1 Å². The van der Waals surface area contributed by atoms with Crippen LogP contribution in [0.2, 0.25) is 0 Å².